The predicted molar refractivity (Wildman–Crippen MR) is 119 cm³/mol. The molecule has 0 aliphatic heterocycles. The first-order chi connectivity index (χ1) is 15.6. The van der Waals surface area contributed by atoms with E-state index in [1.807, 2.05) is 0 Å². The molecule has 0 saturated carbocycles. The Hall–Kier alpha value is -3.50. The van der Waals surface area contributed by atoms with E-state index in [1.165, 1.54) is 31.2 Å². The number of carbonyl (C=O) groups excluding carboxylic acids is 2. The SMILES string of the molecule is CC(=O)c1sc(NC(=O)c2cnn(-c3ccc(Cl)cc3)c2C(F)(F)F)nc1-c1ccccc1. The van der Waals surface area contributed by atoms with Gasteiger partial charge in [-0.2, -0.15) is 18.3 Å². The summed E-state index contributed by atoms with van der Waals surface area (Å²) < 4.78 is 42.3. The summed E-state index contributed by atoms with van der Waals surface area (Å²) in [6, 6.07) is 14.4. The molecular formula is C22H14ClF3N4O2S. The van der Waals surface area contributed by atoms with E-state index < -0.39 is 23.3 Å². The molecule has 0 atom stereocenters. The van der Waals surface area contributed by atoms with Crippen molar-refractivity contribution in [3.8, 4) is 16.9 Å². The number of amides is 1. The van der Waals surface area contributed by atoms with Gasteiger partial charge in [-0.15, -0.1) is 0 Å². The number of Topliss-reactive ketones (excluding diaryl/α,β-unsaturated/α-hetero) is 1. The average Bonchev–Trinajstić information content (AvgIpc) is 3.40. The average molecular weight is 491 g/mol. The monoisotopic (exact) mass is 490 g/mol. The fourth-order valence-electron chi connectivity index (χ4n) is 3.13. The summed E-state index contributed by atoms with van der Waals surface area (Å²) >= 11 is 6.70. The summed E-state index contributed by atoms with van der Waals surface area (Å²) in [6.07, 6.45) is -4.03. The molecule has 33 heavy (non-hydrogen) atoms. The van der Waals surface area contributed by atoms with Crippen molar-refractivity contribution in [2.24, 2.45) is 0 Å². The molecule has 0 aliphatic rings. The van der Waals surface area contributed by atoms with Gasteiger partial charge in [-0.1, -0.05) is 53.3 Å². The molecule has 2 heterocycles. The maximum Gasteiger partial charge on any atom is 0.434 e. The first kappa shape index (κ1) is 22.7. The molecule has 0 saturated heterocycles. The van der Waals surface area contributed by atoms with Gasteiger partial charge in [0, 0.05) is 17.5 Å². The lowest BCUT2D eigenvalue weighted by molar-refractivity contribution is -0.143. The van der Waals surface area contributed by atoms with Crippen LogP contribution in [0.15, 0.2) is 60.8 Å². The van der Waals surface area contributed by atoms with Gasteiger partial charge in [-0.25, -0.2) is 9.67 Å². The second-order valence-electron chi connectivity index (χ2n) is 6.87. The zero-order valence-electron chi connectivity index (χ0n) is 16.9. The number of thiazole rings is 1. The Bertz CT molecular complexity index is 1330. The number of hydrogen-bond acceptors (Lipinski definition) is 5. The lowest BCUT2D eigenvalue weighted by atomic mass is 10.1. The standard InChI is InChI=1S/C22H14ClF3N4O2S/c1-12(31)18-17(13-5-3-2-4-6-13)28-21(33-18)29-20(32)16-11-27-30(19(16)22(24,25)26)15-9-7-14(23)8-10-15/h2-11H,1H3,(H,28,29,32). The Labute approximate surface area is 194 Å². The minimum atomic E-state index is -4.87. The topological polar surface area (TPSA) is 76.9 Å². The van der Waals surface area contributed by atoms with E-state index in [-0.39, 0.29) is 21.5 Å². The summed E-state index contributed by atoms with van der Waals surface area (Å²) in [5.41, 5.74) is -0.847. The van der Waals surface area contributed by atoms with Crippen molar-refractivity contribution in [1.29, 1.82) is 0 Å². The highest BCUT2D eigenvalue weighted by molar-refractivity contribution is 7.18. The smallest absolute Gasteiger partial charge is 0.298 e. The fraction of sp³-hybridized carbons (Fsp3) is 0.0909. The van der Waals surface area contributed by atoms with Crippen LogP contribution >= 0.6 is 22.9 Å². The number of nitrogens with zero attached hydrogens (tertiary/aromatic N) is 3. The van der Waals surface area contributed by atoms with Gasteiger partial charge in [-0.05, 0) is 24.3 Å². The number of aromatic nitrogens is 3. The fourth-order valence-corrected chi connectivity index (χ4v) is 4.14. The zero-order chi connectivity index (χ0) is 23.8. The number of carbonyl (C=O) groups is 2. The third-order valence-electron chi connectivity index (χ3n) is 4.57. The lowest BCUT2D eigenvalue weighted by Crippen LogP contribution is -2.20. The van der Waals surface area contributed by atoms with Crippen LogP contribution in [0.1, 0.15) is 32.6 Å². The van der Waals surface area contributed by atoms with Crippen molar-refractivity contribution in [3.05, 3.63) is 82.0 Å². The maximum atomic E-state index is 13.9. The molecule has 4 aromatic rings. The molecule has 0 fully saturated rings. The number of rotatable bonds is 5. The highest BCUT2D eigenvalue weighted by atomic mass is 35.5. The molecule has 0 unspecified atom stereocenters. The van der Waals surface area contributed by atoms with Crippen LogP contribution in [-0.4, -0.2) is 26.5 Å². The number of alkyl halides is 3. The number of nitrogens with one attached hydrogen (secondary N) is 1. The van der Waals surface area contributed by atoms with E-state index >= 15 is 0 Å². The normalized spacial score (nSPS) is 11.4. The van der Waals surface area contributed by atoms with Gasteiger partial charge in [0.1, 0.15) is 0 Å². The molecule has 4 rings (SSSR count). The van der Waals surface area contributed by atoms with Crippen molar-refractivity contribution >= 4 is 39.8 Å². The first-order valence-corrected chi connectivity index (χ1v) is 10.6. The third-order valence-corrected chi connectivity index (χ3v) is 5.89. The number of anilines is 1. The summed E-state index contributed by atoms with van der Waals surface area (Å²) in [7, 11) is 0. The van der Waals surface area contributed by atoms with Gasteiger partial charge in [0.2, 0.25) is 0 Å². The van der Waals surface area contributed by atoms with Crippen molar-refractivity contribution in [2.75, 3.05) is 5.32 Å². The predicted octanol–water partition coefficient (Wildman–Crippen LogP) is 6.12. The first-order valence-electron chi connectivity index (χ1n) is 9.45. The minimum absolute atomic E-state index is 0.00331. The van der Waals surface area contributed by atoms with Crippen LogP contribution in [-0.2, 0) is 6.18 Å². The van der Waals surface area contributed by atoms with Gasteiger partial charge >= 0.3 is 6.18 Å². The van der Waals surface area contributed by atoms with Crippen molar-refractivity contribution in [2.45, 2.75) is 13.1 Å². The maximum absolute atomic E-state index is 13.9. The molecule has 2 aromatic heterocycles. The number of hydrogen-bond donors (Lipinski definition) is 1. The highest BCUT2D eigenvalue weighted by Crippen LogP contribution is 2.35. The van der Waals surface area contributed by atoms with Crippen molar-refractivity contribution < 1.29 is 22.8 Å². The van der Waals surface area contributed by atoms with Crippen molar-refractivity contribution in [3.63, 3.8) is 0 Å². The van der Waals surface area contributed by atoms with Crippen LogP contribution in [0.2, 0.25) is 5.02 Å². The van der Waals surface area contributed by atoms with E-state index in [2.05, 4.69) is 15.4 Å². The van der Waals surface area contributed by atoms with Crippen LogP contribution in [0.3, 0.4) is 0 Å². The summed E-state index contributed by atoms with van der Waals surface area (Å²) in [5, 5.41) is 6.48. The largest absolute Gasteiger partial charge is 0.434 e. The highest BCUT2D eigenvalue weighted by Gasteiger charge is 2.40. The second-order valence-corrected chi connectivity index (χ2v) is 8.30. The van der Waals surface area contributed by atoms with Crippen LogP contribution in [0.25, 0.3) is 16.9 Å². The second kappa shape index (κ2) is 8.80. The van der Waals surface area contributed by atoms with E-state index in [9.17, 15) is 22.8 Å². The molecule has 11 heteroatoms. The molecular weight excluding hydrogens is 477 g/mol. The summed E-state index contributed by atoms with van der Waals surface area (Å²) in [6.45, 7) is 1.35. The van der Waals surface area contributed by atoms with Crippen LogP contribution in [0.4, 0.5) is 18.3 Å². The Morgan fingerprint density at radius 2 is 1.73 bits per heavy atom. The Balaban J connectivity index is 1.71. The Morgan fingerprint density at radius 1 is 1.06 bits per heavy atom. The molecule has 0 radical (unpaired) electrons. The molecule has 0 bridgehead atoms. The molecule has 168 valence electrons. The summed E-state index contributed by atoms with van der Waals surface area (Å²) in [4.78, 5) is 29.4. The minimum Gasteiger partial charge on any atom is -0.298 e. The van der Waals surface area contributed by atoms with Crippen LogP contribution < -0.4 is 5.32 Å². The van der Waals surface area contributed by atoms with Gasteiger partial charge in [0.25, 0.3) is 5.91 Å². The Kier molecular flexibility index (Phi) is 6.05. The lowest BCUT2D eigenvalue weighted by Gasteiger charge is -2.12. The Morgan fingerprint density at radius 3 is 2.33 bits per heavy atom. The van der Waals surface area contributed by atoms with Crippen LogP contribution in [0.5, 0.6) is 0 Å². The summed E-state index contributed by atoms with van der Waals surface area (Å²) in [5.74, 6) is -1.33. The van der Waals surface area contributed by atoms with E-state index in [0.29, 0.717) is 21.0 Å². The quantitative estimate of drug-likeness (QED) is 0.342. The zero-order valence-corrected chi connectivity index (χ0v) is 18.4. The molecule has 1 N–H and O–H groups in total. The number of halogens is 4. The van der Waals surface area contributed by atoms with E-state index in [1.54, 1.807) is 30.3 Å². The number of benzene rings is 2. The third kappa shape index (κ3) is 4.67. The number of ketones is 1. The van der Waals surface area contributed by atoms with Gasteiger partial charge in [-0.3, -0.25) is 14.9 Å². The molecule has 0 spiro atoms. The molecule has 1 amide bonds. The van der Waals surface area contributed by atoms with Gasteiger partial charge in [0.15, 0.2) is 16.6 Å². The van der Waals surface area contributed by atoms with E-state index in [4.69, 9.17) is 11.6 Å². The molecule has 6 nitrogen and oxygen atoms in total. The van der Waals surface area contributed by atoms with E-state index in [0.717, 1.165) is 17.5 Å². The van der Waals surface area contributed by atoms with Gasteiger partial charge < -0.3 is 0 Å². The van der Waals surface area contributed by atoms with Gasteiger partial charge in [0.05, 0.1) is 28.0 Å². The molecule has 2 aromatic carbocycles. The van der Waals surface area contributed by atoms with Crippen LogP contribution in [0, 0.1) is 0 Å². The van der Waals surface area contributed by atoms with Crippen molar-refractivity contribution in [1.82, 2.24) is 14.8 Å². The molecule has 0 aliphatic carbocycles.